The van der Waals surface area contributed by atoms with Gasteiger partial charge in [-0.2, -0.15) is 9.59 Å². The molecule has 0 aliphatic carbocycles. The van der Waals surface area contributed by atoms with Crippen molar-refractivity contribution in [3.8, 4) is 0 Å². The summed E-state index contributed by atoms with van der Waals surface area (Å²) in [7, 11) is 0. The number of carbonyl (C=O) groups excluding carboxylic acids is 3. The van der Waals surface area contributed by atoms with Crippen LogP contribution >= 0.6 is 0 Å². The van der Waals surface area contributed by atoms with Crippen molar-refractivity contribution in [2.75, 3.05) is 18.0 Å². The van der Waals surface area contributed by atoms with Crippen LogP contribution in [0.5, 0.6) is 0 Å². The Morgan fingerprint density at radius 1 is 1.29 bits per heavy atom. The number of para-hydroxylation sites is 1. The van der Waals surface area contributed by atoms with Crippen LogP contribution in [0.4, 0.5) is 5.69 Å². The molecule has 0 fully saturated rings. The molecular weight excluding hydrogens is 272 g/mol. The van der Waals surface area contributed by atoms with Gasteiger partial charge in [0.15, 0.2) is 0 Å². The fraction of sp³-hybridized carbons (Fsp3) is 0.429. The SMILES string of the molecule is CC(C)(C)CN(C(=O)CN=[N+]=[N-])c1ccccc1.O=C=O. The van der Waals surface area contributed by atoms with Gasteiger partial charge in [0.05, 0.1) is 0 Å². The lowest BCUT2D eigenvalue weighted by atomic mass is 9.95. The van der Waals surface area contributed by atoms with Crippen molar-refractivity contribution in [3.63, 3.8) is 0 Å². The third kappa shape index (κ3) is 8.21. The molecule has 1 aromatic rings. The van der Waals surface area contributed by atoms with E-state index in [0.29, 0.717) is 6.54 Å². The van der Waals surface area contributed by atoms with Crippen LogP contribution in [-0.4, -0.2) is 25.1 Å². The normalized spacial score (nSPS) is 9.48. The molecular formula is C14H18N4O3. The van der Waals surface area contributed by atoms with Gasteiger partial charge in [-0.25, -0.2) is 0 Å². The maximum atomic E-state index is 12.0. The van der Waals surface area contributed by atoms with E-state index in [2.05, 4.69) is 30.8 Å². The van der Waals surface area contributed by atoms with Crippen LogP contribution in [0.25, 0.3) is 10.4 Å². The molecule has 7 nitrogen and oxygen atoms in total. The van der Waals surface area contributed by atoms with Crippen molar-refractivity contribution in [2.45, 2.75) is 20.8 Å². The highest BCUT2D eigenvalue weighted by atomic mass is 16.2. The summed E-state index contributed by atoms with van der Waals surface area (Å²) in [6.45, 7) is 6.61. The Balaban J connectivity index is 0.00000122. The van der Waals surface area contributed by atoms with Crippen LogP contribution < -0.4 is 4.90 Å². The van der Waals surface area contributed by atoms with E-state index in [1.165, 1.54) is 0 Å². The number of hydrogen-bond acceptors (Lipinski definition) is 4. The number of carbonyl (C=O) groups is 1. The smallest absolute Gasteiger partial charge is 0.312 e. The van der Waals surface area contributed by atoms with Crippen LogP contribution in [0.15, 0.2) is 35.4 Å². The summed E-state index contributed by atoms with van der Waals surface area (Å²) in [5.41, 5.74) is 9.09. The summed E-state index contributed by atoms with van der Waals surface area (Å²) in [5, 5.41) is 3.34. The Kier molecular flexibility index (Phi) is 8.15. The number of nitrogens with zero attached hydrogens (tertiary/aromatic N) is 4. The fourth-order valence-electron chi connectivity index (χ4n) is 1.58. The van der Waals surface area contributed by atoms with Crippen LogP contribution in [0.1, 0.15) is 20.8 Å². The van der Waals surface area contributed by atoms with Crippen molar-refractivity contribution in [1.29, 1.82) is 0 Å². The molecule has 0 atom stereocenters. The van der Waals surface area contributed by atoms with Gasteiger partial charge in [0.1, 0.15) is 6.54 Å². The number of amides is 1. The molecule has 0 saturated carbocycles. The van der Waals surface area contributed by atoms with Crippen LogP contribution in [0, 0.1) is 5.41 Å². The zero-order chi connectivity index (χ0) is 16.3. The minimum absolute atomic E-state index is 0.0259. The van der Waals surface area contributed by atoms with E-state index < -0.39 is 0 Å². The summed E-state index contributed by atoms with van der Waals surface area (Å²) >= 11 is 0. The summed E-state index contributed by atoms with van der Waals surface area (Å²) in [6, 6.07) is 9.41. The molecule has 112 valence electrons. The van der Waals surface area contributed by atoms with E-state index in [4.69, 9.17) is 15.1 Å². The molecule has 0 bridgehead atoms. The van der Waals surface area contributed by atoms with E-state index in [9.17, 15) is 4.79 Å². The predicted molar refractivity (Wildman–Crippen MR) is 77.3 cm³/mol. The van der Waals surface area contributed by atoms with E-state index >= 15 is 0 Å². The second kappa shape index (κ2) is 9.31. The Bertz CT molecular complexity index is 525. The first kappa shape index (κ1) is 18.4. The highest BCUT2D eigenvalue weighted by Crippen LogP contribution is 2.21. The molecule has 0 saturated heterocycles. The Morgan fingerprint density at radius 3 is 2.24 bits per heavy atom. The third-order valence-corrected chi connectivity index (χ3v) is 2.27. The van der Waals surface area contributed by atoms with Gasteiger partial charge in [-0.05, 0) is 23.1 Å². The van der Waals surface area contributed by atoms with Crippen molar-refractivity contribution < 1.29 is 14.4 Å². The van der Waals surface area contributed by atoms with Gasteiger partial charge in [0, 0.05) is 17.1 Å². The molecule has 0 radical (unpaired) electrons. The van der Waals surface area contributed by atoms with Crippen LogP contribution in [0.3, 0.4) is 0 Å². The van der Waals surface area contributed by atoms with Gasteiger partial charge >= 0.3 is 6.15 Å². The highest BCUT2D eigenvalue weighted by molar-refractivity contribution is 5.94. The van der Waals surface area contributed by atoms with Crippen molar-refractivity contribution in [2.24, 2.45) is 10.5 Å². The summed E-state index contributed by atoms with van der Waals surface area (Å²) in [6.07, 6.45) is 0.250. The largest absolute Gasteiger partial charge is 0.373 e. The van der Waals surface area contributed by atoms with E-state index in [1.54, 1.807) is 4.90 Å². The molecule has 0 aromatic heterocycles. The molecule has 0 aliphatic rings. The topological polar surface area (TPSA) is 103 Å². The zero-order valence-corrected chi connectivity index (χ0v) is 12.3. The quantitative estimate of drug-likeness (QED) is 0.483. The fourth-order valence-corrected chi connectivity index (χ4v) is 1.58. The number of anilines is 1. The van der Waals surface area contributed by atoms with Crippen molar-refractivity contribution in [1.82, 2.24) is 0 Å². The molecule has 1 amide bonds. The molecule has 0 unspecified atom stereocenters. The summed E-state index contributed by atoms with van der Waals surface area (Å²) < 4.78 is 0. The summed E-state index contributed by atoms with van der Waals surface area (Å²) in [5.74, 6) is -0.186. The molecule has 0 N–H and O–H groups in total. The Morgan fingerprint density at radius 2 is 1.81 bits per heavy atom. The first-order valence-electron chi connectivity index (χ1n) is 6.21. The maximum Gasteiger partial charge on any atom is 0.373 e. The molecule has 1 rings (SSSR count). The maximum absolute atomic E-state index is 12.0. The van der Waals surface area contributed by atoms with Crippen molar-refractivity contribution in [3.05, 3.63) is 40.8 Å². The molecule has 0 aliphatic heterocycles. The second-order valence-corrected chi connectivity index (χ2v) is 5.35. The second-order valence-electron chi connectivity index (χ2n) is 5.35. The number of hydrogen-bond donors (Lipinski definition) is 0. The Hall–Kier alpha value is -2.62. The standard InChI is InChI=1S/C13H18N4O.CO2/c1-13(2,3)10-17(12(18)9-15-16-14)11-7-5-4-6-8-11;2-1-3/h4-8H,9-10H2,1-3H3;. The molecule has 7 heteroatoms. The lowest BCUT2D eigenvalue weighted by Crippen LogP contribution is -2.39. The molecule has 0 heterocycles. The van der Waals surface area contributed by atoms with E-state index in [0.717, 1.165) is 5.69 Å². The molecule has 0 spiro atoms. The third-order valence-electron chi connectivity index (χ3n) is 2.27. The number of benzene rings is 1. The lowest BCUT2D eigenvalue weighted by Gasteiger charge is -2.29. The monoisotopic (exact) mass is 290 g/mol. The number of rotatable bonds is 4. The highest BCUT2D eigenvalue weighted by Gasteiger charge is 2.21. The average Bonchev–Trinajstić information content (AvgIpc) is 2.43. The molecule has 21 heavy (non-hydrogen) atoms. The van der Waals surface area contributed by atoms with E-state index in [1.807, 2.05) is 30.3 Å². The summed E-state index contributed by atoms with van der Waals surface area (Å²) in [4.78, 5) is 32.6. The Labute approximate surface area is 123 Å². The van der Waals surface area contributed by atoms with Gasteiger partial charge in [0.2, 0.25) is 5.91 Å². The predicted octanol–water partition coefficient (Wildman–Crippen LogP) is 2.79. The average molecular weight is 290 g/mol. The minimum atomic E-state index is -0.186. The van der Waals surface area contributed by atoms with Gasteiger partial charge in [-0.1, -0.05) is 44.1 Å². The van der Waals surface area contributed by atoms with Gasteiger partial charge in [-0.15, -0.1) is 0 Å². The van der Waals surface area contributed by atoms with Gasteiger partial charge in [-0.3, -0.25) is 4.79 Å². The van der Waals surface area contributed by atoms with E-state index in [-0.39, 0.29) is 24.0 Å². The van der Waals surface area contributed by atoms with Gasteiger partial charge in [0.25, 0.3) is 0 Å². The first-order valence-corrected chi connectivity index (χ1v) is 6.21. The van der Waals surface area contributed by atoms with Crippen LogP contribution in [-0.2, 0) is 14.4 Å². The zero-order valence-electron chi connectivity index (χ0n) is 12.3. The van der Waals surface area contributed by atoms with Gasteiger partial charge < -0.3 is 4.90 Å². The number of azide groups is 1. The van der Waals surface area contributed by atoms with Crippen LogP contribution in [0.2, 0.25) is 0 Å². The molecule has 1 aromatic carbocycles. The minimum Gasteiger partial charge on any atom is -0.312 e. The van der Waals surface area contributed by atoms with Crippen molar-refractivity contribution >= 4 is 17.7 Å². The first-order chi connectivity index (χ1) is 9.85. The lowest BCUT2D eigenvalue weighted by molar-refractivity contribution is -0.191.